The second-order valence-corrected chi connectivity index (χ2v) is 5.73. The van der Waals surface area contributed by atoms with Crippen molar-refractivity contribution >= 4 is 10.9 Å². The van der Waals surface area contributed by atoms with E-state index in [9.17, 15) is 0 Å². The Morgan fingerprint density at radius 3 is 2.45 bits per heavy atom. The topological polar surface area (TPSA) is 49.4 Å². The summed E-state index contributed by atoms with van der Waals surface area (Å²) in [6.45, 7) is 2.86. The quantitative estimate of drug-likeness (QED) is 0.932. The van der Waals surface area contributed by atoms with E-state index in [1.54, 1.807) is 14.2 Å². The van der Waals surface area contributed by atoms with Gasteiger partial charge in [-0.3, -0.25) is 0 Å². The third-order valence-corrected chi connectivity index (χ3v) is 4.76. The van der Waals surface area contributed by atoms with Crippen LogP contribution in [0, 0.1) is 6.92 Å². The summed E-state index contributed by atoms with van der Waals surface area (Å²) < 4.78 is 13.2. The number of rotatable bonds is 4. The molecule has 0 atom stereocenters. The van der Waals surface area contributed by atoms with Gasteiger partial charge in [0, 0.05) is 42.2 Å². The molecule has 2 N–H and O–H groups in total. The lowest BCUT2D eigenvalue weighted by atomic mass is 9.92. The molecule has 4 nitrogen and oxygen atoms in total. The highest BCUT2D eigenvalue weighted by Crippen LogP contribution is 2.53. The highest BCUT2D eigenvalue weighted by Gasteiger charge is 2.46. The van der Waals surface area contributed by atoms with E-state index in [1.807, 2.05) is 6.07 Å². The first-order valence-corrected chi connectivity index (χ1v) is 6.99. The van der Waals surface area contributed by atoms with Crippen LogP contribution < -0.4 is 15.2 Å². The van der Waals surface area contributed by atoms with E-state index in [-0.39, 0.29) is 5.41 Å². The summed E-state index contributed by atoms with van der Waals surface area (Å²) >= 11 is 0. The van der Waals surface area contributed by atoms with Crippen molar-refractivity contribution < 1.29 is 9.47 Å². The van der Waals surface area contributed by atoms with Crippen molar-refractivity contribution in [1.29, 1.82) is 0 Å². The van der Waals surface area contributed by atoms with Gasteiger partial charge < -0.3 is 19.8 Å². The maximum Gasteiger partial charge on any atom is 0.132 e. The molecule has 3 rings (SSSR count). The molecule has 2 aromatic rings. The van der Waals surface area contributed by atoms with Gasteiger partial charge in [0.15, 0.2) is 0 Å². The van der Waals surface area contributed by atoms with Crippen molar-refractivity contribution in [2.24, 2.45) is 12.8 Å². The normalized spacial score (nSPS) is 16.4. The number of methoxy groups -OCH3 is 2. The van der Waals surface area contributed by atoms with Gasteiger partial charge in [0.25, 0.3) is 0 Å². The minimum Gasteiger partial charge on any atom is -0.497 e. The number of aryl methyl sites for hydroxylation is 1. The van der Waals surface area contributed by atoms with Gasteiger partial charge in [-0.1, -0.05) is 0 Å². The Hall–Kier alpha value is -1.68. The lowest BCUT2D eigenvalue weighted by Gasteiger charge is -2.15. The van der Waals surface area contributed by atoms with Gasteiger partial charge in [0.1, 0.15) is 11.5 Å². The molecule has 0 spiro atoms. The molecule has 1 fully saturated rings. The van der Waals surface area contributed by atoms with Gasteiger partial charge >= 0.3 is 0 Å². The zero-order valence-electron chi connectivity index (χ0n) is 12.6. The number of aromatic nitrogens is 1. The second-order valence-electron chi connectivity index (χ2n) is 5.73. The van der Waals surface area contributed by atoms with Crippen molar-refractivity contribution in [2.45, 2.75) is 25.2 Å². The molecule has 0 radical (unpaired) electrons. The predicted molar refractivity (Wildman–Crippen MR) is 80.7 cm³/mol. The molecule has 1 aromatic carbocycles. The molecule has 1 aliphatic rings. The van der Waals surface area contributed by atoms with Crippen molar-refractivity contribution in [3.05, 3.63) is 23.4 Å². The first-order valence-electron chi connectivity index (χ1n) is 6.99. The second kappa shape index (κ2) is 4.42. The molecular weight excluding hydrogens is 252 g/mol. The zero-order chi connectivity index (χ0) is 14.5. The summed E-state index contributed by atoms with van der Waals surface area (Å²) in [5.41, 5.74) is 9.96. The summed E-state index contributed by atoms with van der Waals surface area (Å²) in [5, 5.41) is 1.19. The Morgan fingerprint density at radius 2 is 1.95 bits per heavy atom. The minimum atomic E-state index is 0.144. The zero-order valence-corrected chi connectivity index (χ0v) is 12.6. The van der Waals surface area contributed by atoms with E-state index in [1.165, 1.54) is 29.5 Å². The minimum absolute atomic E-state index is 0.144. The van der Waals surface area contributed by atoms with Gasteiger partial charge in [0.05, 0.1) is 19.7 Å². The molecule has 1 saturated carbocycles. The maximum atomic E-state index is 6.04. The highest BCUT2D eigenvalue weighted by atomic mass is 16.5. The van der Waals surface area contributed by atoms with Crippen LogP contribution in [0.1, 0.15) is 24.1 Å². The largest absolute Gasteiger partial charge is 0.497 e. The van der Waals surface area contributed by atoms with Crippen LogP contribution in [-0.4, -0.2) is 25.3 Å². The molecule has 0 aliphatic heterocycles. The van der Waals surface area contributed by atoms with E-state index in [0.717, 1.165) is 17.0 Å². The van der Waals surface area contributed by atoms with Gasteiger partial charge in [-0.15, -0.1) is 0 Å². The maximum absolute atomic E-state index is 6.04. The molecule has 1 aliphatic carbocycles. The first-order chi connectivity index (χ1) is 9.57. The number of ether oxygens (including phenoxy) is 2. The standard InChI is InChI=1S/C16H22N2O2/c1-10-15(16(9-17)5-6-16)14-12(18(10)2)7-11(19-3)8-13(14)20-4/h7-8H,5-6,9,17H2,1-4H3. The van der Waals surface area contributed by atoms with Crippen molar-refractivity contribution in [3.63, 3.8) is 0 Å². The van der Waals surface area contributed by atoms with Crippen LogP contribution in [0.25, 0.3) is 10.9 Å². The van der Waals surface area contributed by atoms with E-state index in [0.29, 0.717) is 6.54 Å². The molecule has 0 bridgehead atoms. The van der Waals surface area contributed by atoms with Crippen molar-refractivity contribution in [2.75, 3.05) is 20.8 Å². The summed E-state index contributed by atoms with van der Waals surface area (Å²) in [6, 6.07) is 4.03. The summed E-state index contributed by atoms with van der Waals surface area (Å²) in [5.74, 6) is 1.69. The monoisotopic (exact) mass is 274 g/mol. The molecule has 4 heteroatoms. The average molecular weight is 274 g/mol. The van der Waals surface area contributed by atoms with Gasteiger partial charge in [0.2, 0.25) is 0 Å². The van der Waals surface area contributed by atoms with E-state index in [4.69, 9.17) is 15.2 Å². The van der Waals surface area contributed by atoms with Crippen LogP contribution in [0.5, 0.6) is 11.5 Å². The first kappa shape index (κ1) is 13.3. The van der Waals surface area contributed by atoms with Gasteiger partial charge in [-0.05, 0) is 25.3 Å². The third kappa shape index (κ3) is 1.64. The fraction of sp³-hybridized carbons (Fsp3) is 0.500. The van der Waals surface area contributed by atoms with Crippen LogP contribution in [-0.2, 0) is 12.5 Å². The fourth-order valence-corrected chi connectivity index (χ4v) is 3.26. The molecule has 1 aromatic heterocycles. The number of nitrogens with zero attached hydrogens (tertiary/aromatic N) is 1. The Morgan fingerprint density at radius 1 is 1.25 bits per heavy atom. The third-order valence-electron chi connectivity index (χ3n) is 4.76. The molecule has 20 heavy (non-hydrogen) atoms. The lowest BCUT2D eigenvalue weighted by Crippen LogP contribution is -2.20. The molecular formula is C16H22N2O2. The number of nitrogens with two attached hydrogens (primary N) is 1. The molecule has 0 amide bonds. The fourth-order valence-electron chi connectivity index (χ4n) is 3.26. The van der Waals surface area contributed by atoms with Crippen LogP contribution in [0.3, 0.4) is 0 Å². The average Bonchev–Trinajstić information content (AvgIpc) is 3.22. The highest BCUT2D eigenvalue weighted by molar-refractivity contribution is 5.94. The molecule has 108 valence electrons. The predicted octanol–water partition coefficient (Wildman–Crippen LogP) is 2.49. The molecule has 0 saturated heterocycles. The summed E-state index contributed by atoms with van der Waals surface area (Å²) in [7, 11) is 5.48. The smallest absolute Gasteiger partial charge is 0.132 e. The molecule has 0 unspecified atom stereocenters. The van der Waals surface area contributed by atoms with Crippen LogP contribution >= 0.6 is 0 Å². The van der Waals surface area contributed by atoms with Crippen molar-refractivity contribution in [3.8, 4) is 11.5 Å². The van der Waals surface area contributed by atoms with Crippen LogP contribution in [0.4, 0.5) is 0 Å². The van der Waals surface area contributed by atoms with Crippen molar-refractivity contribution in [1.82, 2.24) is 4.57 Å². The van der Waals surface area contributed by atoms with E-state index >= 15 is 0 Å². The van der Waals surface area contributed by atoms with Gasteiger partial charge in [-0.25, -0.2) is 0 Å². The number of fused-ring (bicyclic) bond motifs is 1. The number of benzene rings is 1. The summed E-state index contributed by atoms with van der Waals surface area (Å²) in [4.78, 5) is 0. The van der Waals surface area contributed by atoms with Crippen LogP contribution in [0.15, 0.2) is 12.1 Å². The Kier molecular flexibility index (Phi) is 2.94. The lowest BCUT2D eigenvalue weighted by molar-refractivity contribution is 0.397. The summed E-state index contributed by atoms with van der Waals surface area (Å²) in [6.07, 6.45) is 2.33. The Balaban J connectivity index is 2.38. The van der Waals surface area contributed by atoms with E-state index < -0.39 is 0 Å². The molecule has 1 heterocycles. The van der Waals surface area contributed by atoms with Crippen LogP contribution in [0.2, 0.25) is 0 Å². The number of hydrogen-bond donors (Lipinski definition) is 1. The Labute approximate surface area is 119 Å². The number of hydrogen-bond acceptors (Lipinski definition) is 3. The Bertz CT molecular complexity index is 669. The van der Waals surface area contributed by atoms with Gasteiger partial charge in [-0.2, -0.15) is 0 Å². The SMILES string of the molecule is COc1cc(OC)c2c(C3(CN)CC3)c(C)n(C)c2c1. The van der Waals surface area contributed by atoms with E-state index in [2.05, 4.69) is 24.6 Å².